The van der Waals surface area contributed by atoms with Crippen molar-refractivity contribution in [2.24, 2.45) is 5.92 Å². The van der Waals surface area contributed by atoms with Crippen molar-refractivity contribution in [2.45, 2.75) is 38.3 Å². The summed E-state index contributed by atoms with van der Waals surface area (Å²) in [6.07, 6.45) is 1.74. The molecule has 3 atom stereocenters. The molecule has 1 heterocycles. The lowest BCUT2D eigenvalue weighted by Gasteiger charge is -2.33. The molecule has 3 amide bonds. The van der Waals surface area contributed by atoms with Gasteiger partial charge in [0, 0.05) is 19.1 Å². The third-order valence-electron chi connectivity index (χ3n) is 3.87. The van der Waals surface area contributed by atoms with Gasteiger partial charge in [-0.1, -0.05) is 0 Å². The molecule has 3 N–H and O–H groups in total. The van der Waals surface area contributed by atoms with Crippen molar-refractivity contribution in [3.8, 4) is 0 Å². The largest absolute Gasteiger partial charge is 0.481 e. The van der Waals surface area contributed by atoms with Crippen LogP contribution in [0.4, 0.5) is 4.79 Å². The zero-order chi connectivity index (χ0) is 14.0. The smallest absolute Gasteiger partial charge is 0.318 e. The Morgan fingerprint density at radius 1 is 1.42 bits per heavy atom. The van der Waals surface area contributed by atoms with Crippen LogP contribution in [0, 0.1) is 5.92 Å². The summed E-state index contributed by atoms with van der Waals surface area (Å²) in [5.74, 6) is -1.33. The molecule has 106 valence electrons. The summed E-state index contributed by atoms with van der Waals surface area (Å²) < 4.78 is 0. The van der Waals surface area contributed by atoms with E-state index in [0.717, 1.165) is 0 Å². The molecule has 1 unspecified atom stereocenters. The van der Waals surface area contributed by atoms with Crippen LogP contribution in [-0.2, 0) is 9.59 Å². The standard InChI is InChI=1S/C12H19N3O4/c1-7-10(16)13-4-5-15(7)12(19)14-9-3-2-8(6-9)11(17)18/h7-9H,2-6H2,1H3,(H,13,16)(H,14,19)(H,17,18)/t7?,8-,9+/m1/s1. The van der Waals surface area contributed by atoms with E-state index in [1.54, 1.807) is 6.92 Å². The number of hydrogen-bond acceptors (Lipinski definition) is 3. The minimum absolute atomic E-state index is 0.106. The lowest BCUT2D eigenvalue weighted by Crippen LogP contribution is -2.59. The molecule has 1 aliphatic heterocycles. The maximum atomic E-state index is 12.1. The Balaban J connectivity index is 1.88. The Bertz CT molecular complexity index is 398. The number of aliphatic carboxylic acids is 1. The van der Waals surface area contributed by atoms with Crippen LogP contribution in [0.15, 0.2) is 0 Å². The first-order valence-electron chi connectivity index (χ1n) is 6.56. The van der Waals surface area contributed by atoms with Crippen molar-refractivity contribution in [1.82, 2.24) is 15.5 Å². The van der Waals surface area contributed by atoms with Crippen LogP contribution in [0.3, 0.4) is 0 Å². The number of amides is 3. The topological polar surface area (TPSA) is 98.7 Å². The van der Waals surface area contributed by atoms with Gasteiger partial charge in [-0.15, -0.1) is 0 Å². The highest BCUT2D eigenvalue weighted by molar-refractivity contribution is 5.88. The van der Waals surface area contributed by atoms with E-state index >= 15 is 0 Å². The molecule has 0 radical (unpaired) electrons. The molecule has 2 aliphatic rings. The summed E-state index contributed by atoms with van der Waals surface area (Å²) in [7, 11) is 0. The van der Waals surface area contributed by atoms with E-state index in [0.29, 0.717) is 32.4 Å². The number of urea groups is 1. The van der Waals surface area contributed by atoms with E-state index in [9.17, 15) is 14.4 Å². The van der Waals surface area contributed by atoms with Crippen LogP contribution in [0.25, 0.3) is 0 Å². The Hall–Kier alpha value is -1.79. The predicted molar refractivity (Wildman–Crippen MR) is 66.5 cm³/mol. The monoisotopic (exact) mass is 269 g/mol. The molecule has 0 spiro atoms. The van der Waals surface area contributed by atoms with E-state index in [4.69, 9.17) is 5.11 Å². The van der Waals surface area contributed by atoms with Crippen LogP contribution >= 0.6 is 0 Å². The van der Waals surface area contributed by atoms with Crippen molar-refractivity contribution in [1.29, 1.82) is 0 Å². The van der Waals surface area contributed by atoms with Gasteiger partial charge in [0.05, 0.1) is 5.92 Å². The predicted octanol–water partition coefficient (Wildman–Crippen LogP) is -0.230. The molecular weight excluding hydrogens is 250 g/mol. The van der Waals surface area contributed by atoms with Crippen LogP contribution in [0.2, 0.25) is 0 Å². The maximum Gasteiger partial charge on any atom is 0.318 e. The zero-order valence-electron chi connectivity index (χ0n) is 10.9. The van der Waals surface area contributed by atoms with Crippen molar-refractivity contribution in [2.75, 3.05) is 13.1 Å². The quantitative estimate of drug-likeness (QED) is 0.645. The Morgan fingerprint density at radius 3 is 2.79 bits per heavy atom. The molecule has 1 saturated heterocycles. The highest BCUT2D eigenvalue weighted by Crippen LogP contribution is 2.25. The minimum atomic E-state index is -0.803. The molecule has 19 heavy (non-hydrogen) atoms. The van der Waals surface area contributed by atoms with Crippen molar-refractivity contribution in [3.05, 3.63) is 0 Å². The summed E-state index contributed by atoms with van der Waals surface area (Å²) in [6, 6.07) is -0.866. The van der Waals surface area contributed by atoms with E-state index in [1.807, 2.05) is 0 Å². The number of nitrogens with zero attached hydrogens (tertiary/aromatic N) is 1. The van der Waals surface area contributed by atoms with Gasteiger partial charge in [-0.3, -0.25) is 9.59 Å². The fraction of sp³-hybridized carbons (Fsp3) is 0.750. The number of nitrogens with one attached hydrogen (secondary N) is 2. The molecule has 1 saturated carbocycles. The van der Waals surface area contributed by atoms with E-state index < -0.39 is 12.0 Å². The highest BCUT2D eigenvalue weighted by atomic mass is 16.4. The highest BCUT2D eigenvalue weighted by Gasteiger charge is 2.34. The molecule has 0 bridgehead atoms. The first-order valence-corrected chi connectivity index (χ1v) is 6.56. The molecular formula is C12H19N3O4. The number of carboxylic acids is 1. The van der Waals surface area contributed by atoms with Crippen LogP contribution in [0.5, 0.6) is 0 Å². The fourth-order valence-electron chi connectivity index (χ4n) is 2.65. The first kappa shape index (κ1) is 13.6. The van der Waals surface area contributed by atoms with Gasteiger partial charge in [0.1, 0.15) is 6.04 Å². The van der Waals surface area contributed by atoms with E-state index in [-0.39, 0.29) is 23.9 Å². The minimum Gasteiger partial charge on any atom is -0.481 e. The number of carbonyl (C=O) groups is 3. The van der Waals surface area contributed by atoms with Gasteiger partial charge in [0.25, 0.3) is 0 Å². The molecule has 7 nitrogen and oxygen atoms in total. The van der Waals surface area contributed by atoms with Gasteiger partial charge in [0.2, 0.25) is 5.91 Å². The lowest BCUT2D eigenvalue weighted by molar-refractivity contribution is -0.141. The Morgan fingerprint density at radius 2 is 2.16 bits per heavy atom. The summed E-state index contributed by atoms with van der Waals surface area (Å²) in [6.45, 7) is 2.62. The van der Waals surface area contributed by atoms with Crippen molar-refractivity contribution < 1.29 is 19.5 Å². The average Bonchev–Trinajstić information content (AvgIpc) is 2.81. The molecule has 7 heteroatoms. The van der Waals surface area contributed by atoms with Gasteiger partial charge >= 0.3 is 12.0 Å². The second kappa shape index (κ2) is 5.46. The number of hydrogen-bond donors (Lipinski definition) is 3. The van der Waals surface area contributed by atoms with Crippen molar-refractivity contribution in [3.63, 3.8) is 0 Å². The van der Waals surface area contributed by atoms with Crippen LogP contribution in [0.1, 0.15) is 26.2 Å². The van der Waals surface area contributed by atoms with E-state index in [2.05, 4.69) is 10.6 Å². The third-order valence-corrected chi connectivity index (χ3v) is 3.87. The third kappa shape index (κ3) is 2.97. The van der Waals surface area contributed by atoms with Crippen LogP contribution < -0.4 is 10.6 Å². The normalized spacial score (nSPS) is 30.9. The summed E-state index contributed by atoms with van der Waals surface area (Å²) >= 11 is 0. The molecule has 0 aromatic carbocycles. The maximum absolute atomic E-state index is 12.1. The number of rotatable bonds is 2. The summed E-state index contributed by atoms with van der Waals surface area (Å²) in [5.41, 5.74) is 0. The summed E-state index contributed by atoms with van der Waals surface area (Å²) in [5, 5.41) is 14.4. The van der Waals surface area contributed by atoms with Crippen molar-refractivity contribution >= 4 is 17.9 Å². The number of carbonyl (C=O) groups excluding carboxylic acids is 2. The average molecular weight is 269 g/mol. The number of piperazine rings is 1. The zero-order valence-corrected chi connectivity index (χ0v) is 10.9. The van der Waals surface area contributed by atoms with E-state index in [1.165, 1.54) is 4.90 Å². The van der Waals surface area contributed by atoms with Gasteiger partial charge in [-0.2, -0.15) is 0 Å². The Labute approximate surface area is 111 Å². The SMILES string of the molecule is CC1C(=O)NCCN1C(=O)N[C@H]1CC[C@@H](C(=O)O)C1. The fourth-order valence-corrected chi connectivity index (χ4v) is 2.65. The molecule has 1 aliphatic carbocycles. The molecule has 0 aromatic heterocycles. The number of carboxylic acid groups (broad SMARTS) is 1. The van der Waals surface area contributed by atoms with Crippen LogP contribution in [-0.4, -0.2) is 53.1 Å². The molecule has 2 fully saturated rings. The second-order valence-electron chi connectivity index (χ2n) is 5.16. The Kier molecular flexibility index (Phi) is 3.92. The first-order chi connectivity index (χ1) is 8.99. The van der Waals surface area contributed by atoms with Gasteiger partial charge in [0.15, 0.2) is 0 Å². The second-order valence-corrected chi connectivity index (χ2v) is 5.16. The van der Waals surface area contributed by atoms with Gasteiger partial charge < -0.3 is 20.6 Å². The molecule has 2 rings (SSSR count). The molecule has 0 aromatic rings. The van der Waals surface area contributed by atoms with Gasteiger partial charge in [-0.05, 0) is 26.2 Å². The summed E-state index contributed by atoms with van der Waals surface area (Å²) in [4.78, 5) is 35.9. The lowest BCUT2D eigenvalue weighted by atomic mass is 10.1. The van der Waals surface area contributed by atoms with Gasteiger partial charge in [-0.25, -0.2) is 4.79 Å².